The third-order valence-corrected chi connectivity index (χ3v) is 5.36. The molecule has 0 aromatic heterocycles. The summed E-state index contributed by atoms with van der Waals surface area (Å²) in [5, 5.41) is 25.2. The lowest BCUT2D eigenvalue weighted by Crippen LogP contribution is -2.44. The monoisotopic (exact) mass is 458 g/mol. The molecular formula is C24H46N2O6. The number of nitrogens with one attached hydrogen (secondary N) is 2. The minimum Gasteiger partial charge on any atom is -0.444 e. The number of carbonyl (C=O) groups excluding carboxylic acids is 2. The van der Waals surface area contributed by atoms with Crippen molar-refractivity contribution in [3.05, 3.63) is 0 Å². The number of ether oxygens (including phenoxy) is 2. The molecule has 2 amide bonds. The normalized spacial score (nSPS) is 27.0. The van der Waals surface area contributed by atoms with Gasteiger partial charge in [0.25, 0.3) is 0 Å². The van der Waals surface area contributed by atoms with Gasteiger partial charge in [-0.15, -0.1) is 0 Å². The Hall–Kier alpha value is -1.54. The first-order valence-corrected chi connectivity index (χ1v) is 12.1. The molecule has 0 unspecified atom stereocenters. The summed E-state index contributed by atoms with van der Waals surface area (Å²) in [4.78, 5) is 23.1. The van der Waals surface area contributed by atoms with E-state index in [9.17, 15) is 19.8 Å². The Morgan fingerprint density at radius 3 is 1.25 bits per heavy atom. The molecule has 0 radical (unpaired) electrons. The second-order valence-corrected chi connectivity index (χ2v) is 10.9. The molecule has 0 saturated heterocycles. The van der Waals surface area contributed by atoms with Crippen LogP contribution in [0.5, 0.6) is 0 Å². The predicted octanol–water partition coefficient (Wildman–Crippen LogP) is 4.41. The Kier molecular flexibility index (Phi) is 11.8. The number of alkyl carbamates (subject to hydrolysis) is 2. The topological polar surface area (TPSA) is 117 Å². The summed E-state index contributed by atoms with van der Waals surface area (Å²) >= 11 is 0. The molecule has 0 aliphatic heterocycles. The van der Waals surface area contributed by atoms with Gasteiger partial charge in [0.2, 0.25) is 0 Å². The Labute approximate surface area is 193 Å². The van der Waals surface area contributed by atoms with Crippen molar-refractivity contribution in [2.45, 2.75) is 141 Å². The molecule has 2 fully saturated rings. The lowest BCUT2D eigenvalue weighted by Gasteiger charge is -2.25. The van der Waals surface area contributed by atoms with Crippen LogP contribution in [0.4, 0.5) is 9.59 Å². The predicted molar refractivity (Wildman–Crippen MR) is 124 cm³/mol. The molecule has 2 aliphatic rings. The highest BCUT2D eigenvalue weighted by Gasteiger charge is 2.26. The van der Waals surface area contributed by atoms with Crippen LogP contribution in [0.25, 0.3) is 0 Å². The summed E-state index contributed by atoms with van der Waals surface area (Å²) < 4.78 is 10.3. The second-order valence-electron chi connectivity index (χ2n) is 10.9. The van der Waals surface area contributed by atoms with E-state index in [-0.39, 0.29) is 12.1 Å². The van der Waals surface area contributed by atoms with E-state index in [4.69, 9.17) is 9.47 Å². The number of aliphatic hydroxyl groups excluding tert-OH is 2. The van der Waals surface area contributed by atoms with E-state index < -0.39 is 35.6 Å². The van der Waals surface area contributed by atoms with Gasteiger partial charge in [-0.1, -0.05) is 38.5 Å². The second kappa shape index (κ2) is 13.2. The lowest BCUT2D eigenvalue weighted by atomic mass is 10.1. The molecular weight excluding hydrogens is 412 g/mol. The molecule has 2 rings (SSSR count). The zero-order valence-corrected chi connectivity index (χ0v) is 20.9. The number of rotatable bonds is 2. The molecule has 4 atom stereocenters. The van der Waals surface area contributed by atoms with E-state index in [1.807, 2.05) is 41.5 Å². The summed E-state index contributed by atoms with van der Waals surface area (Å²) in [7, 11) is 0. The van der Waals surface area contributed by atoms with Crippen molar-refractivity contribution in [3.8, 4) is 0 Å². The van der Waals surface area contributed by atoms with Crippen LogP contribution < -0.4 is 10.6 Å². The van der Waals surface area contributed by atoms with Crippen molar-refractivity contribution in [1.29, 1.82) is 0 Å². The number of carbonyl (C=O) groups is 2. The fourth-order valence-electron chi connectivity index (χ4n) is 3.83. The smallest absolute Gasteiger partial charge is 0.407 e. The molecule has 32 heavy (non-hydrogen) atoms. The van der Waals surface area contributed by atoms with Crippen LogP contribution in [0.2, 0.25) is 0 Å². The van der Waals surface area contributed by atoms with Crippen LogP contribution in [0, 0.1) is 0 Å². The molecule has 8 heteroatoms. The minimum absolute atomic E-state index is 0.155. The molecule has 0 heterocycles. The highest BCUT2D eigenvalue weighted by Crippen LogP contribution is 2.19. The van der Waals surface area contributed by atoms with Crippen LogP contribution >= 0.6 is 0 Å². The van der Waals surface area contributed by atoms with E-state index in [0.717, 1.165) is 64.2 Å². The molecule has 4 N–H and O–H groups in total. The van der Waals surface area contributed by atoms with Crippen molar-refractivity contribution >= 4 is 12.2 Å². The maximum absolute atomic E-state index is 11.5. The van der Waals surface area contributed by atoms with Crippen LogP contribution in [0.15, 0.2) is 0 Å². The van der Waals surface area contributed by atoms with Crippen LogP contribution in [0.3, 0.4) is 0 Å². The van der Waals surface area contributed by atoms with Gasteiger partial charge in [0.15, 0.2) is 0 Å². The van der Waals surface area contributed by atoms with Gasteiger partial charge in [0.05, 0.1) is 24.3 Å². The lowest BCUT2D eigenvalue weighted by molar-refractivity contribution is 0.0407. The van der Waals surface area contributed by atoms with Gasteiger partial charge in [-0.25, -0.2) is 9.59 Å². The summed E-state index contributed by atoms with van der Waals surface area (Å²) in [5.41, 5.74) is -0.973. The van der Waals surface area contributed by atoms with Gasteiger partial charge in [-0.3, -0.25) is 0 Å². The standard InChI is InChI=1S/2C12H23NO3/c2*1-12(2,3)16-11(15)13-9-7-5-4-6-8-10(9)14/h2*9-10,14H,4-8H2,1-3H3,(H,13,15)/t2*9-,10-/m10/s1. The van der Waals surface area contributed by atoms with Gasteiger partial charge < -0.3 is 30.3 Å². The Morgan fingerprint density at radius 2 is 0.938 bits per heavy atom. The first-order valence-electron chi connectivity index (χ1n) is 12.1. The van der Waals surface area contributed by atoms with Gasteiger partial charge in [0.1, 0.15) is 11.2 Å². The SMILES string of the molecule is CC(C)(C)OC(=O)N[C@@H]1CCCCC[C@H]1O.CC(C)(C)OC(=O)N[C@H]1CCCCC[C@@H]1O. The highest BCUT2D eigenvalue weighted by atomic mass is 16.6. The largest absolute Gasteiger partial charge is 0.444 e. The first kappa shape index (κ1) is 28.5. The van der Waals surface area contributed by atoms with Crippen molar-refractivity contribution in [2.75, 3.05) is 0 Å². The van der Waals surface area contributed by atoms with Gasteiger partial charge in [-0.05, 0) is 67.2 Å². The van der Waals surface area contributed by atoms with E-state index in [1.165, 1.54) is 0 Å². The third-order valence-electron chi connectivity index (χ3n) is 5.36. The van der Waals surface area contributed by atoms with Crippen molar-refractivity contribution in [3.63, 3.8) is 0 Å². The van der Waals surface area contributed by atoms with Crippen molar-refractivity contribution in [2.24, 2.45) is 0 Å². The number of amides is 2. The van der Waals surface area contributed by atoms with Crippen LogP contribution in [-0.4, -0.2) is 57.9 Å². The fraction of sp³-hybridized carbons (Fsp3) is 0.917. The van der Waals surface area contributed by atoms with Gasteiger partial charge >= 0.3 is 12.2 Å². The fourth-order valence-corrected chi connectivity index (χ4v) is 3.83. The van der Waals surface area contributed by atoms with E-state index >= 15 is 0 Å². The first-order chi connectivity index (χ1) is 14.8. The van der Waals surface area contributed by atoms with Crippen molar-refractivity contribution in [1.82, 2.24) is 10.6 Å². The molecule has 0 bridgehead atoms. The minimum atomic E-state index is -0.486. The Bertz CT molecular complexity index is 520. The van der Waals surface area contributed by atoms with E-state index in [2.05, 4.69) is 10.6 Å². The quantitative estimate of drug-likeness (QED) is 0.455. The zero-order valence-electron chi connectivity index (χ0n) is 20.9. The number of hydrogen-bond acceptors (Lipinski definition) is 6. The van der Waals surface area contributed by atoms with E-state index in [1.54, 1.807) is 0 Å². The van der Waals surface area contributed by atoms with Gasteiger partial charge in [-0.2, -0.15) is 0 Å². The molecule has 0 spiro atoms. The Morgan fingerprint density at radius 1 is 0.625 bits per heavy atom. The van der Waals surface area contributed by atoms with Crippen LogP contribution in [-0.2, 0) is 9.47 Å². The highest BCUT2D eigenvalue weighted by molar-refractivity contribution is 5.68. The number of hydrogen-bond donors (Lipinski definition) is 4. The van der Waals surface area contributed by atoms with Crippen LogP contribution in [0.1, 0.15) is 106 Å². The summed E-state index contributed by atoms with van der Waals surface area (Å²) in [5.74, 6) is 0. The summed E-state index contributed by atoms with van der Waals surface area (Å²) in [6.07, 6.45) is 7.90. The molecule has 2 saturated carbocycles. The molecule has 8 nitrogen and oxygen atoms in total. The average Bonchev–Trinajstić information content (AvgIpc) is 2.94. The van der Waals surface area contributed by atoms with Gasteiger partial charge in [0, 0.05) is 0 Å². The maximum atomic E-state index is 11.5. The maximum Gasteiger partial charge on any atom is 0.407 e. The van der Waals surface area contributed by atoms with E-state index in [0.29, 0.717) is 0 Å². The zero-order chi connectivity index (χ0) is 24.4. The third kappa shape index (κ3) is 13.1. The van der Waals surface area contributed by atoms with Crippen molar-refractivity contribution < 1.29 is 29.3 Å². The molecule has 0 aromatic carbocycles. The number of aliphatic hydroxyl groups is 2. The molecule has 0 aromatic rings. The molecule has 188 valence electrons. The molecule has 2 aliphatic carbocycles. The summed E-state index contributed by atoms with van der Waals surface area (Å²) in [6, 6.07) is -0.310. The average molecular weight is 459 g/mol. The Balaban J connectivity index is 0.000000320. The summed E-state index contributed by atoms with van der Waals surface area (Å²) in [6.45, 7) is 11.0.